The Morgan fingerprint density at radius 1 is 1.70 bits per heavy atom. The molecule has 0 saturated heterocycles. The summed E-state index contributed by atoms with van der Waals surface area (Å²) in [5.74, 6) is 0. The van der Waals surface area contributed by atoms with Crippen molar-refractivity contribution in [1.82, 2.24) is 0 Å². The molecule has 0 aromatic rings. The molecule has 0 unspecified atom stereocenters. The molecule has 2 N–H and O–H groups in total. The third-order valence-electron chi connectivity index (χ3n) is 0.953. The maximum absolute atomic E-state index is 10.1. The van der Waals surface area contributed by atoms with Crippen molar-refractivity contribution >= 4 is 17.6 Å². The molecule has 0 heterocycles. The minimum atomic E-state index is -4.21. The van der Waals surface area contributed by atoms with Gasteiger partial charge in [0.15, 0.2) is 0 Å². The molecule has 10 heavy (non-hydrogen) atoms. The number of rotatable bonds is 3. The molecule has 0 bridgehead atoms. The minimum absolute atomic E-state index is 0.934. The van der Waals surface area contributed by atoms with E-state index in [1.54, 1.807) is 13.0 Å². The third kappa shape index (κ3) is 6.19. The van der Waals surface area contributed by atoms with Crippen molar-refractivity contribution in [1.29, 1.82) is 0 Å². The Balaban J connectivity index is 3.67. The quantitative estimate of drug-likeness (QED) is 0.480. The zero-order chi connectivity index (χ0) is 8.20. The zero-order valence-corrected chi connectivity index (χ0v) is 8.25. The topological polar surface area (TPSA) is 66.8 Å². The predicted molar refractivity (Wildman–Crippen MR) is 41.1 cm³/mol. The lowest BCUT2D eigenvalue weighted by Gasteiger charge is -2.03. The van der Waals surface area contributed by atoms with Gasteiger partial charge in [-0.2, -0.15) is 0 Å². The summed E-state index contributed by atoms with van der Waals surface area (Å²) in [6, 6.07) is 0. The van der Waals surface area contributed by atoms with Crippen LogP contribution in [-0.2, 0) is 8.78 Å². The summed E-state index contributed by atoms with van der Waals surface area (Å²) >= 11 is 0. The van der Waals surface area contributed by atoms with Crippen molar-refractivity contribution in [3.63, 3.8) is 0 Å². The molecule has 0 aromatic carbocycles. The Hall–Kier alpha value is 0.0669. The second kappa shape index (κ2) is 4.05. The number of allylic oxidation sites excluding steroid dienone is 2. The first-order valence-corrected chi connectivity index (χ1v) is 5.59. The van der Waals surface area contributed by atoms with Crippen LogP contribution in [0.1, 0.15) is 13.8 Å². The second-order valence-corrected chi connectivity index (χ2v) is 5.32. The van der Waals surface area contributed by atoms with Gasteiger partial charge in [0.05, 0.1) is 0 Å². The van der Waals surface area contributed by atoms with Gasteiger partial charge in [-0.05, 0) is 13.8 Å². The molecule has 4 nitrogen and oxygen atoms in total. The van der Waals surface area contributed by atoms with Gasteiger partial charge in [-0.15, -0.1) is 0 Å². The first kappa shape index (κ1) is 10.1. The van der Waals surface area contributed by atoms with Crippen LogP contribution in [0.15, 0.2) is 11.3 Å². The molecule has 6 heteroatoms. The number of hydrogen-bond acceptors (Lipinski definition) is 2. The lowest BCUT2D eigenvalue weighted by atomic mass is 10.6. The fourth-order valence-corrected chi connectivity index (χ4v) is 1.92. The van der Waals surface area contributed by atoms with Gasteiger partial charge in [-0.25, -0.2) is 4.57 Å². The van der Waals surface area contributed by atoms with Crippen LogP contribution in [0.3, 0.4) is 0 Å². The predicted octanol–water partition coefficient (Wildman–Crippen LogP) is 0.103. The van der Waals surface area contributed by atoms with Gasteiger partial charge in [0, 0.05) is 0 Å². The fraction of sp³-hybridized carbons (Fsp3) is 0.500. The van der Waals surface area contributed by atoms with Crippen LogP contribution in [0.25, 0.3) is 0 Å². The summed E-state index contributed by atoms with van der Waals surface area (Å²) in [5.41, 5.74) is 0. The second-order valence-electron chi connectivity index (χ2n) is 1.90. The minimum Gasteiger partial charge on any atom is -0.332 e. The summed E-state index contributed by atoms with van der Waals surface area (Å²) in [4.78, 5) is 16.5. The maximum Gasteiger partial charge on any atom is 0.459 e. The van der Waals surface area contributed by atoms with E-state index in [9.17, 15) is 4.57 Å². The zero-order valence-electron chi connectivity index (χ0n) is 5.94. The van der Waals surface area contributed by atoms with E-state index in [1.807, 2.05) is 6.92 Å². The van der Waals surface area contributed by atoms with E-state index in [-0.39, 0.29) is 0 Å². The molecule has 0 aliphatic heterocycles. The lowest BCUT2D eigenvalue weighted by Crippen LogP contribution is -1.97. The van der Waals surface area contributed by atoms with Crippen molar-refractivity contribution in [3.05, 3.63) is 11.3 Å². The average molecular weight is 182 g/mol. The lowest BCUT2D eigenvalue weighted by molar-refractivity contribution is 0.289. The molecule has 0 aliphatic rings. The Morgan fingerprint density at radius 2 is 2.20 bits per heavy atom. The Kier molecular flexibility index (Phi) is 4.08. The molecule has 0 aromatic heterocycles. The van der Waals surface area contributed by atoms with Crippen LogP contribution in [-0.4, -0.2) is 19.5 Å². The number of phosphoric acid groups is 1. The summed E-state index contributed by atoms with van der Waals surface area (Å²) in [7, 11) is -5.38. The van der Waals surface area contributed by atoms with Crippen LogP contribution in [0.5, 0.6) is 0 Å². The number of hydrogen-bond donors (Lipinski definition) is 2. The van der Waals surface area contributed by atoms with E-state index in [2.05, 4.69) is 4.21 Å². The molecule has 0 rings (SSSR count). The van der Waals surface area contributed by atoms with Crippen molar-refractivity contribution in [2.45, 2.75) is 13.8 Å². The van der Waals surface area contributed by atoms with Crippen LogP contribution < -0.4 is 0 Å². The first-order chi connectivity index (χ1) is 4.45. The van der Waals surface area contributed by atoms with Gasteiger partial charge in [-0.3, -0.25) is 0 Å². The summed E-state index contributed by atoms with van der Waals surface area (Å²) < 4.78 is 14.5. The van der Waals surface area contributed by atoms with Crippen molar-refractivity contribution < 1.29 is 18.6 Å². The monoisotopic (exact) mass is 182 g/mol. The molecule has 0 radical (unpaired) electrons. The Labute approximate surface area is 62.1 Å². The standard InChI is InChI=1S/C4H11O4PSi/c1-3-4(2)10-8-9(5,6)7/h3H,10H2,1-2H3,(H2,5,6,7). The smallest absolute Gasteiger partial charge is 0.332 e. The van der Waals surface area contributed by atoms with Gasteiger partial charge < -0.3 is 14.0 Å². The van der Waals surface area contributed by atoms with Crippen molar-refractivity contribution in [2.24, 2.45) is 0 Å². The van der Waals surface area contributed by atoms with Crippen LogP contribution >= 0.6 is 7.82 Å². The van der Waals surface area contributed by atoms with Crippen LogP contribution in [0.2, 0.25) is 0 Å². The van der Waals surface area contributed by atoms with Crippen LogP contribution in [0, 0.1) is 0 Å². The highest BCUT2D eigenvalue weighted by atomic mass is 31.2. The van der Waals surface area contributed by atoms with Crippen molar-refractivity contribution in [3.8, 4) is 0 Å². The molecule has 0 atom stereocenters. The fourth-order valence-electron chi connectivity index (χ4n) is 0.269. The summed E-state index contributed by atoms with van der Waals surface area (Å²) in [5, 5.41) is 0.934. The van der Waals surface area contributed by atoms with E-state index < -0.39 is 17.6 Å². The van der Waals surface area contributed by atoms with E-state index in [4.69, 9.17) is 9.79 Å². The average Bonchev–Trinajstić information content (AvgIpc) is 1.81. The van der Waals surface area contributed by atoms with E-state index in [0.29, 0.717) is 0 Å². The van der Waals surface area contributed by atoms with Gasteiger partial charge in [0.2, 0.25) is 9.76 Å². The van der Waals surface area contributed by atoms with Gasteiger partial charge in [0.1, 0.15) is 0 Å². The molecule has 0 saturated carbocycles. The summed E-state index contributed by atoms with van der Waals surface area (Å²) in [6.45, 7) is 3.60. The first-order valence-electron chi connectivity index (χ1n) is 2.77. The van der Waals surface area contributed by atoms with Gasteiger partial charge in [0.25, 0.3) is 0 Å². The molecular weight excluding hydrogens is 171 g/mol. The van der Waals surface area contributed by atoms with Gasteiger partial charge in [-0.1, -0.05) is 11.3 Å². The Bertz CT molecular complexity index is 172. The van der Waals surface area contributed by atoms with Crippen molar-refractivity contribution in [2.75, 3.05) is 0 Å². The van der Waals surface area contributed by atoms with E-state index >= 15 is 0 Å². The molecule has 0 amide bonds. The van der Waals surface area contributed by atoms with E-state index in [0.717, 1.165) is 5.20 Å². The molecule has 0 aliphatic carbocycles. The molecule has 60 valence electrons. The van der Waals surface area contributed by atoms with Crippen LogP contribution in [0.4, 0.5) is 0 Å². The molecule has 0 spiro atoms. The highest BCUT2D eigenvalue weighted by molar-refractivity contribution is 7.47. The van der Waals surface area contributed by atoms with E-state index in [1.165, 1.54) is 0 Å². The maximum atomic E-state index is 10.1. The Morgan fingerprint density at radius 3 is 2.50 bits per heavy atom. The van der Waals surface area contributed by atoms with Gasteiger partial charge >= 0.3 is 7.82 Å². The SMILES string of the molecule is CC=C(C)[SiH2]OP(=O)(O)O. The normalized spacial score (nSPS) is 15.0. The highest BCUT2D eigenvalue weighted by Gasteiger charge is 2.12. The molecular formula is C4H11O4PSi. The largest absolute Gasteiger partial charge is 0.459 e. The molecule has 0 fully saturated rings. The highest BCUT2D eigenvalue weighted by Crippen LogP contribution is 2.35. The summed E-state index contributed by atoms with van der Waals surface area (Å²) in [6.07, 6.45) is 1.79. The third-order valence-corrected chi connectivity index (χ3v) is 3.68.